The van der Waals surface area contributed by atoms with Gasteiger partial charge in [-0.1, -0.05) is 38.0 Å². The molecule has 1 saturated heterocycles. The van der Waals surface area contributed by atoms with Crippen LogP contribution < -0.4 is 0 Å². The molecule has 1 aliphatic rings. The Bertz CT molecular complexity index is 1070. The van der Waals surface area contributed by atoms with E-state index in [0.717, 1.165) is 30.4 Å². The third kappa shape index (κ3) is 8.30. The fourth-order valence-corrected chi connectivity index (χ4v) is 4.54. The minimum absolute atomic E-state index is 0.0625. The minimum Gasteiger partial charge on any atom is -0.465 e. The molecule has 8 nitrogen and oxygen atoms in total. The quantitative estimate of drug-likeness (QED) is 0.312. The van der Waals surface area contributed by atoms with Gasteiger partial charge in [0.1, 0.15) is 11.3 Å². The van der Waals surface area contributed by atoms with Crippen molar-refractivity contribution in [3.63, 3.8) is 0 Å². The van der Waals surface area contributed by atoms with Crippen molar-refractivity contribution >= 4 is 18.0 Å². The van der Waals surface area contributed by atoms with Crippen LogP contribution in [0.4, 0.5) is 4.79 Å². The minimum atomic E-state index is -0.555. The van der Waals surface area contributed by atoms with Crippen LogP contribution in [0, 0.1) is 0 Å². The number of aromatic nitrogens is 1. The van der Waals surface area contributed by atoms with E-state index >= 15 is 0 Å². The molecule has 2 amide bonds. The second-order valence-corrected chi connectivity index (χ2v) is 10.8. The van der Waals surface area contributed by atoms with Crippen LogP contribution in [0.2, 0.25) is 0 Å². The van der Waals surface area contributed by atoms with E-state index in [0.29, 0.717) is 43.7 Å². The molecule has 1 aliphatic heterocycles. The Labute approximate surface area is 226 Å². The van der Waals surface area contributed by atoms with E-state index in [2.05, 4.69) is 11.9 Å². The van der Waals surface area contributed by atoms with Crippen LogP contribution in [-0.4, -0.2) is 64.6 Å². The molecule has 2 aromatic rings. The van der Waals surface area contributed by atoms with E-state index in [1.54, 1.807) is 23.2 Å². The number of rotatable bonds is 9. The van der Waals surface area contributed by atoms with Gasteiger partial charge < -0.3 is 19.3 Å². The molecule has 0 spiro atoms. The molecule has 38 heavy (non-hydrogen) atoms. The lowest BCUT2D eigenvalue weighted by atomic mass is 10.0. The molecule has 1 aromatic carbocycles. The number of likely N-dealkylation sites (tertiary alicyclic amines) is 1. The molecule has 0 radical (unpaired) electrons. The third-order valence-corrected chi connectivity index (χ3v) is 6.66. The summed E-state index contributed by atoms with van der Waals surface area (Å²) >= 11 is 0. The number of benzene rings is 1. The highest BCUT2D eigenvalue weighted by atomic mass is 16.6. The van der Waals surface area contributed by atoms with Crippen LogP contribution in [0.5, 0.6) is 0 Å². The highest BCUT2D eigenvalue weighted by Crippen LogP contribution is 2.23. The standard InChI is InChI=1S/C30H41N3O5/c1-6-7-8-9-22-12-15-26(31-20-22)27(34)33(21-23-10-13-24(14-11-23)28(35)37-5)25-16-18-32(19-17-25)29(36)38-30(2,3)4/h10-15,20,25H,6-9,16-19,21H2,1-5H3. The number of hydrogen-bond acceptors (Lipinski definition) is 6. The normalized spacial score (nSPS) is 14.2. The number of pyridine rings is 1. The molecule has 1 fully saturated rings. The molecule has 2 heterocycles. The summed E-state index contributed by atoms with van der Waals surface area (Å²) < 4.78 is 10.3. The summed E-state index contributed by atoms with van der Waals surface area (Å²) in [6.45, 7) is 9.12. The largest absolute Gasteiger partial charge is 0.465 e. The number of methoxy groups -OCH3 is 1. The topological polar surface area (TPSA) is 89.0 Å². The van der Waals surface area contributed by atoms with Crippen LogP contribution in [-0.2, 0) is 22.4 Å². The number of piperidine rings is 1. The SMILES string of the molecule is CCCCCc1ccc(C(=O)N(Cc2ccc(C(=O)OC)cc2)C2CCN(C(=O)OC(C)(C)C)CC2)nc1. The Kier molecular flexibility index (Phi) is 10.3. The predicted octanol–water partition coefficient (Wildman–Crippen LogP) is 5.64. The first-order valence-corrected chi connectivity index (χ1v) is 13.5. The van der Waals surface area contributed by atoms with Gasteiger partial charge in [0.2, 0.25) is 0 Å². The Hall–Kier alpha value is -3.42. The number of nitrogens with zero attached hydrogens (tertiary/aromatic N) is 3. The summed E-state index contributed by atoms with van der Waals surface area (Å²) in [4.78, 5) is 46.2. The zero-order valence-electron chi connectivity index (χ0n) is 23.4. The average molecular weight is 524 g/mol. The van der Waals surface area contributed by atoms with E-state index in [-0.39, 0.29) is 18.0 Å². The van der Waals surface area contributed by atoms with Crippen molar-refractivity contribution in [2.45, 2.75) is 84.4 Å². The first-order valence-electron chi connectivity index (χ1n) is 13.5. The van der Waals surface area contributed by atoms with Crippen LogP contribution >= 0.6 is 0 Å². The van der Waals surface area contributed by atoms with E-state index in [1.165, 1.54) is 13.5 Å². The second-order valence-electron chi connectivity index (χ2n) is 10.8. The number of unbranched alkanes of at least 4 members (excludes halogenated alkanes) is 2. The summed E-state index contributed by atoms with van der Waals surface area (Å²) in [5, 5.41) is 0. The number of amides is 2. The maximum absolute atomic E-state index is 13.7. The first-order chi connectivity index (χ1) is 18.1. The number of carbonyl (C=O) groups excluding carboxylic acids is 3. The highest BCUT2D eigenvalue weighted by Gasteiger charge is 2.32. The zero-order valence-corrected chi connectivity index (χ0v) is 23.4. The number of hydrogen-bond donors (Lipinski definition) is 0. The maximum atomic E-state index is 13.7. The van der Waals surface area contributed by atoms with Crippen molar-refractivity contribution in [3.05, 3.63) is 65.0 Å². The molecule has 1 aromatic heterocycles. The summed E-state index contributed by atoms with van der Waals surface area (Å²) in [6, 6.07) is 10.8. The first kappa shape index (κ1) is 29.1. The van der Waals surface area contributed by atoms with E-state index in [9.17, 15) is 14.4 Å². The van der Waals surface area contributed by atoms with Gasteiger partial charge in [0.15, 0.2) is 0 Å². The van der Waals surface area contributed by atoms with E-state index < -0.39 is 11.6 Å². The van der Waals surface area contributed by atoms with Gasteiger partial charge >= 0.3 is 12.1 Å². The molecule has 8 heteroatoms. The lowest BCUT2D eigenvalue weighted by Crippen LogP contribution is -2.49. The van der Waals surface area contributed by atoms with Gasteiger partial charge in [-0.05, 0) is 75.8 Å². The summed E-state index contributed by atoms with van der Waals surface area (Å²) in [7, 11) is 1.35. The Balaban J connectivity index is 1.76. The number of ether oxygens (including phenoxy) is 2. The number of carbonyl (C=O) groups is 3. The Morgan fingerprint density at radius 2 is 1.66 bits per heavy atom. The molecule has 0 N–H and O–H groups in total. The Morgan fingerprint density at radius 3 is 2.21 bits per heavy atom. The van der Waals surface area contributed by atoms with Crippen molar-refractivity contribution in [3.8, 4) is 0 Å². The van der Waals surface area contributed by atoms with Crippen LogP contribution in [0.1, 0.15) is 91.8 Å². The van der Waals surface area contributed by atoms with Crippen LogP contribution in [0.25, 0.3) is 0 Å². The van der Waals surface area contributed by atoms with Crippen molar-refractivity contribution in [2.24, 2.45) is 0 Å². The number of esters is 1. The van der Waals surface area contributed by atoms with Gasteiger partial charge in [0.25, 0.3) is 5.91 Å². The highest BCUT2D eigenvalue weighted by molar-refractivity contribution is 5.92. The second kappa shape index (κ2) is 13.4. The maximum Gasteiger partial charge on any atom is 0.410 e. The van der Waals surface area contributed by atoms with E-state index in [1.807, 2.05) is 49.9 Å². The molecular weight excluding hydrogens is 482 g/mol. The predicted molar refractivity (Wildman–Crippen MR) is 146 cm³/mol. The molecule has 0 saturated carbocycles. The lowest BCUT2D eigenvalue weighted by Gasteiger charge is -2.39. The van der Waals surface area contributed by atoms with Crippen LogP contribution in [0.15, 0.2) is 42.6 Å². The molecule has 0 bridgehead atoms. The van der Waals surface area contributed by atoms with E-state index in [4.69, 9.17) is 9.47 Å². The van der Waals surface area contributed by atoms with Gasteiger partial charge in [-0.3, -0.25) is 9.78 Å². The molecule has 0 unspecified atom stereocenters. The van der Waals surface area contributed by atoms with Gasteiger partial charge in [0.05, 0.1) is 12.7 Å². The third-order valence-electron chi connectivity index (χ3n) is 6.66. The summed E-state index contributed by atoms with van der Waals surface area (Å²) in [5.41, 5.74) is 2.34. The number of aryl methyl sites for hydroxylation is 1. The van der Waals surface area contributed by atoms with Crippen LogP contribution in [0.3, 0.4) is 0 Å². The van der Waals surface area contributed by atoms with Crippen molar-refractivity contribution < 1.29 is 23.9 Å². The molecule has 3 rings (SSSR count). The lowest BCUT2D eigenvalue weighted by molar-refractivity contribution is 0.0140. The fraction of sp³-hybridized carbons (Fsp3) is 0.533. The summed E-state index contributed by atoms with van der Waals surface area (Å²) in [5.74, 6) is -0.542. The van der Waals surface area contributed by atoms with Gasteiger partial charge in [-0.2, -0.15) is 0 Å². The monoisotopic (exact) mass is 523 g/mol. The van der Waals surface area contributed by atoms with Gasteiger partial charge in [0, 0.05) is 31.9 Å². The molecule has 206 valence electrons. The molecular formula is C30H41N3O5. The zero-order chi connectivity index (χ0) is 27.7. The smallest absolute Gasteiger partial charge is 0.410 e. The summed E-state index contributed by atoms with van der Waals surface area (Å²) in [6.07, 6.45) is 7.15. The van der Waals surface area contributed by atoms with Crippen molar-refractivity contribution in [2.75, 3.05) is 20.2 Å². The van der Waals surface area contributed by atoms with Crippen molar-refractivity contribution in [1.29, 1.82) is 0 Å². The van der Waals surface area contributed by atoms with Crippen molar-refractivity contribution in [1.82, 2.24) is 14.8 Å². The Morgan fingerprint density at radius 1 is 1.00 bits per heavy atom. The molecule has 0 atom stereocenters. The molecule has 0 aliphatic carbocycles. The average Bonchev–Trinajstić information content (AvgIpc) is 2.91. The van der Waals surface area contributed by atoms with Gasteiger partial charge in [-0.25, -0.2) is 9.59 Å². The fourth-order valence-electron chi connectivity index (χ4n) is 4.54. The van der Waals surface area contributed by atoms with Gasteiger partial charge in [-0.15, -0.1) is 0 Å².